The number of aromatic nitrogens is 5. The smallest absolute Gasteiger partial charge is 0.136 e. The molecule has 0 N–H and O–H groups in total. The van der Waals surface area contributed by atoms with Gasteiger partial charge < -0.3 is 9.30 Å². The van der Waals surface area contributed by atoms with Crippen molar-refractivity contribution in [3.05, 3.63) is 83.5 Å². The van der Waals surface area contributed by atoms with E-state index in [9.17, 15) is 0 Å². The summed E-state index contributed by atoms with van der Waals surface area (Å²) >= 11 is 0. The molecule has 0 unspecified atom stereocenters. The zero-order valence-electron chi connectivity index (χ0n) is 19.8. The van der Waals surface area contributed by atoms with E-state index < -0.39 is 0 Å². The third-order valence-electron chi connectivity index (χ3n) is 6.73. The number of anilines is 1. The molecule has 33 heavy (non-hydrogen) atoms. The monoisotopic (exact) mass is 440 g/mol. The van der Waals surface area contributed by atoms with Crippen LogP contribution in [0.5, 0.6) is 0 Å². The van der Waals surface area contributed by atoms with E-state index >= 15 is 0 Å². The highest BCUT2D eigenvalue weighted by atomic mass is 15.2. The predicted molar refractivity (Wildman–Crippen MR) is 132 cm³/mol. The molecule has 6 heteroatoms. The number of fused-ring (bicyclic) bond motifs is 1. The topological polar surface area (TPSA) is 59.2 Å². The largest absolute Gasteiger partial charge is 0.356 e. The van der Waals surface area contributed by atoms with Gasteiger partial charge in [0.2, 0.25) is 0 Å². The van der Waals surface area contributed by atoms with Crippen LogP contribution in [0.4, 0.5) is 5.82 Å². The summed E-state index contributed by atoms with van der Waals surface area (Å²) in [5.41, 5.74) is 5.93. The van der Waals surface area contributed by atoms with Crippen LogP contribution in [0.1, 0.15) is 62.0 Å². The lowest BCUT2D eigenvalue weighted by Crippen LogP contribution is -2.38. The quantitative estimate of drug-likeness (QED) is 0.427. The summed E-state index contributed by atoms with van der Waals surface area (Å²) in [4.78, 5) is 21.4. The van der Waals surface area contributed by atoms with Crippen LogP contribution in [0.3, 0.4) is 0 Å². The van der Waals surface area contributed by atoms with E-state index in [0.29, 0.717) is 11.8 Å². The molecule has 1 fully saturated rings. The van der Waals surface area contributed by atoms with Gasteiger partial charge in [-0.1, -0.05) is 20.8 Å². The molecular weight excluding hydrogens is 408 g/mol. The SMILES string of the molecule is CCc1ccnc(Cc2nc(Cc3ccn4ccnc4c3)cc(N3CCC(C)(C)CC3)n2)c1. The Labute approximate surface area is 195 Å². The maximum absolute atomic E-state index is 5.00. The van der Waals surface area contributed by atoms with Gasteiger partial charge >= 0.3 is 0 Å². The summed E-state index contributed by atoms with van der Waals surface area (Å²) in [6, 6.07) is 10.7. The second-order valence-corrected chi connectivity index (χ2v) is 9.88. The Balaban J connectivity index is 1.46. The summed E-state index contributed by atoms with van der Waals surface area (Å²) in [6.07, 6.45) is 12.5. The molecule has 4 aromatic rings. The molecule has 5 rings (SSSR count). The normalized spacial score (nSPS) is 15.8. The zero-order valence-corrected chi connectivity index (χ0v) is 19.8. The van der Waals surface area contributed by atoms with Crippen LogP contribution in [0.25, 0.3) is 5.65 Å². The summed E-state index contributed by atoms with van der Waals surface area (Å²) in [7, 11) is 0. The van der Waals surface area contributed by atoms with Crippen LogP contribution in [-0.2, 0) is 19.3 Å². The Morgan fingerprint density at radius 1 is 0.848 bits per heavy atom. The first-order chi connectivity index (χ1) is 16.0. The first-order valence-electron chi connectivity index (χ1n) is 11.9. The molecule has 0 saturated carbocycles. The minimum Gasteiger partial charge on any atom is -0.356 e. The van der Waals surface area contributed by atoms with Crippen LogP contribution < -0.4 is 4.90 Å². The van der Waals surface area contributed by atoms with Crippen LogP contribution in [-0.4, -0.2) is 37.4 Å². The van der Waals surface area contributed by atoms with Crippen molar-refractivity contribution >= 4 is 11.5 Å². The fourth-order valence-corrected chi connectivity index (χ4v) is 4.49. The fourth-order valence-electron chi connectivity index (χ4n) is 4.49. The van der Waals surface area contributed by atoms with E-state index in [1.807, 2.05) is 23.0 Å². The molecule has 0 amide bonds. The number of rotatable bonds is 6. The lowest BCUT2D eigenvalue weighted by Gasteiger charge is -2.37. The van der Waals surface area contributed by atoms with Gasteiger partial charge in [0.1, 0.15) is 17.3 Å². The molecule has 5 heterocycles. The van der Waals surface area contributed by atoms with Crippen molar-refractivity contribution in [3.8, 4) is 0 Å². The van der Waals surface area contributed by atoms with Gasteiger partial charge in [0.25, 0.3) is 0 Å². The Bertz CT molecular complexity index is 1250. The molecule has 170 valence electrons. The van der Waals surface area contributed by atoms with Crippen molar-refractivity contribution in [1.29, 1.82) is 0 Å². The highest BCUT2D eigenvalue weighted by molar-refractivity contribution is 5.45. The van der Waals surface area contributed by atoms with Crippen LogP contribution in [0, 0.1) is 5.41 Å². The number of piperidine rings is 1. The highest BCUT2D eigenvalue weighted by Gasteiger charge is 2.26. The molecule has 0 spiro atoms. The number of nitrogens with zero attached hydrogens (tertiary/aromatic N) is 6. The van der Waals surface area contributed by atoms with E-state index in [4.69, 9.17) is 9.97 Å². The van der Waals surface area contributed by atoms with Crippen LogP contribution in [0.15, 0.2) is 55.1 Å². The van der Waals surface area contributed by atoms with Crippen molar-refractivity contribution in [2.24, 2.45) is 5.41 Å². The molecule has 4 aromatic heterocycles. The maximum Gasteiger partial charge on any atom is 0.136 e. The summed E-state index contributed by atoms with van der Waals surface area (Å²) in [5, 5.41) is 0. The first-order valence-corrected chi connectivity index (χ1v) is 11.9. The van der Waals surface area contributed by atoms with Gasteiger partial charge in [0, 0.05) is 56.1 Å². The van der Waals surface area contributed by atoms with Crippen LogP contribution >= 0.6 is 0 Å². The van der Waals surface area contributed by atoms with Gasteiger partial charge in [-0.2, -0.15) is 0 Å². The molecule has 1 aliphatic heterocycles. The molecule has 0 aliphatic carbocycles. The fraction of sp³-hybridized carbons (Fsp3) is 0.407. The molecular formula is C27H32N6. The third-order valence-corrected chi connectivity index (χ3v) is 6.73. The zero-order chi connectivity index (χ0) is 22.8. The number of hydrogen-bond donors (Lipinski definition) is 0. The molecule has 0 aromatic carbocycles. The molecule has 1 saturated heterocycles. The lowest BCUT2D eigenvalue weighted by atomic mass is 9.83. The van der Waals surface area contributed by atoms with E-state index in [-0.39, 0.29) is 0 Å². The van der Waals surface area contributed by atoms with Crippen molar-refractivity contribution in [3.63, 3.8) is 0 Å². The second kappa shape index (κ2) is 8.93. The number of imidazole rings is 1. The number of aryl methyl sites for hydroxylation is 1. The summed E-state index contributed by atoms with van der Waals surface area (Å²) in [5.74, 6) is 1.88. The van der Waals surface area contributed by atoms with Crippen molar-refractivity contribution in [2.75, 3.05) is 18.0 Å². The molecule has 1 aliphatic rings. The number of pyridine rings is 2. The average molecular weight is 441 g/mol. The second-order valence-electron chi connectivity index (χ2n) is 9.88. The van der Waals surface area contributed by atoms with Gasteiger partial charge in [0.15, 0.2) is 0 Å². The minimum absolute atomic E-state index is 0.402. The number of hydrogen-bond acceptors (Lipinski definition) is 5. The van der Waals surface area contributed by atoms with Gasteiger partial charge in [-0.3, -0.25) is 4.98 Å². The van der Waals surface area contributed by atoms with Crippen molar-refractivity contribution in [2.45, 2.75) is 52.9 Å². The Kier molecular flexibility index (Phi) is 5.83. The Morgan fingerprint density at radius 2 is 1.70 bits per heavy atom. The third kappa shape index (κ3) is 5.05. The summed E-state index contributed by atoms with van der Waals surface area (Å²) < 4.78 is 2.03. The average Bonchev–Trinajstić information content (AvgIpc) is 3.27. The van der Waals surface area contributed by atoms with E-state index in [1.54, 1.807) is 0 Å². The standard InChI is InChI=1S/C27H32N6/c1-4-20-5-9-28-22(15-20)18-24-30-23(16-21-6-11-32-14-10-29-25(32)17-21)19-26(31-24)33-12-7-27(2,3)8-13-33/h5-6,9-11,14-15,17,19H,4,7-8,12-13,16,18H2,1-3H3. The van der Waals surface area contributed by atoms with Gasteiger partial charge in [0.05, 0.1) is 12.1 Å². The van der Waals surface area contributed by atoms with E-state index in [2.05, 4.69) is 72.2 Å². The highest BCUT2D eigenvalue weighted by Crippen LogP contribution is 2.32. The Morgan fingerprint density at radius 3 is 2.52 bits per heavy atom. The van der Waals surface area contributed by atoms with Gasteiger partial charge in [-0.25, -0.2) is 15.0 Å². The maximum atomic E-state index is 5.00. The van der Waals surface area contributed by atoms with Crippen molar-refractivity contribution < 1.29 is 0 Å². The molecule has 6 nitrogen and oxygen atoms in total. The summed E-state index contributed by atoms with van der Waals surface area (Å²) in [6.45, 7) is 8.96. The predicted octanol–water partition coefficient (Wildman–Crippen LogP) is 4.89. The van der Waals surface area contributed by atoms with Crippen LogP contribution in [0.2, 0.25) is 0 Å². The van der Waals surface area contributed by atoms with Crippen molar-refractivity contribution in [1.82, 2.24) is 24.3 Å². The first kappa shape index (κ1) is 21.6. The molecule has 0 radical (unpaired) electrons. The minimum atomic E-state index is 0.402. The van der Waals surface area contributed by atoms with Gasteiger partial charge in [-0.05, 0) is 60.1 Å². The van der Waals surface area contributed by atoms with Gasteiger partial charge in [-0.15, -0.1) is 0 Å². The Hall–Kier alpha value is -3.28. The molecule has 0 bridgehead atoms. The van der Waals surface area contributed by atoms with E-state index in [1.165, 1.54) is 24.0 Å². The lowest BCUT2D eigenvalue weighted by molar-refractivity contribution is 0.279. The van der Waals surface area contributed by atoms with E-state index in [0.717, 1.165) is 54.6 Å². The molecule has 0 atom stereocenters.